The molecule has 0 spiro atoms. The van der Waals surface area contributed by atoms with Gasteiger partial charge in [0.1, 0.15) is 0 Å². The van der Waals surface area contributed by atoms with Crippen molar-refractivity contribution in [1.82, 2.24) is 9.80 Å². The topological polar surface area (TPSA) is 73.3 Å². The maximum atomic E-state index is 12.8. The second-order valence-corrected chi connectivity index (χ2v) is 11.0. The van der Waals surface area contributed by atoms with Crippen LogP contribution in [0, 0.1) is 11.8 Å². The number of hydrogen-bond acceptors (Lipinski definition) is 5. The highest BCUT2D eigenvalue weighted by Gasteiger charge is 2.30. The van der Waals surface area contributed by atoms with Crippen molar-refractivity contribution in [3.63, 3.8) is 0 Å². The number of likely N-dealkylation sites (N-methyl/N-ethyl adjacent to an activating group) is 1. The van der Waals surface area contributed by atoms with Crippen LogP contribution >= 0.6 is 11.6 Å². The number of ether oxygens (including phenoxy) is 1. The van der Waals surface area contributed by atoms with Crippen LogP contribution in [-0.2, 0) is 9.53 Å². The molecule has 4 rings (SSSR count). The SMILES string of the molecule is COCCN(C)C(=O)c1ccc(N2CCC(CC3CCN(C(=O)C(O)c4ccccc4)CC3)CC2)cc1Cl. The molecular formula is C30H40ClN3O4. The number of halogens is 1. The van der Waals surface area contributed by atoms with Crippen molar-refractivity contribution < 1.29 is 19.4 Å². The number of carbonyl (C=O) groups is 2. The molecule has 1 unspecified atom stereocenters. The zero-order valence-corrected chi connectivity index (χ0v) is 23.3. The van der Waals surface area contributed by atoms with Crippen LogP contribution in [0.5, 0.6) is 0 Å². The number of carbonyl (C=O) groups excluding carboxylic acids is 2. The van der Waals surface area contributed by atoms with E-state index in [0.29, 0.717) is 41.1 Å². The van der Waals surface area contributed by atoms with Crippen molar-refractivity contribution in [1.29, 1.82) is 0 Å². The van der Waals surface area contributed by atoms with E-state index in [2.05, 4.69) is 4.90 Å². The van der Waals surface area contributed by atoms with Crippen molar-refractivity contribution in [2.24, 2.45) is 11.8 Å². The predicted octanol–water partition coefficient (Wildman–Crippen LogP) is 4.64. The Bertz CT molecular complexity index is 1070. The third-order valence-corrected chi connectivity index (χ3v) is 8.40. The average molecular weight is 542 g/mol. The first-order valence-electron chi connectivity index (χ1n) is 13.7. The largest absolute Gasteiger partial charge is 0.383 e. The summed E-state index contributed by atoms with van der Waals surface area (Å²) in [5, 5.41) is 11.0. The minimum atomic E-state index is -1.07. The molecule has 0 saturated carbocycles. The van der Waals surface area contributed by atoms with Crippen molar-refractivity contribution in [2.75, 3.05) is 58.4 Å². The fourth-order valence-corrected chi connectivity index (χ4v) is 5.90. The number of likely N-dealkylation sites (tertiary alicyclic amines) is 1. The smallest absolute Gasteiger partial charge is 0.256 e. The van der Waals surface area contributed by atoms with Crippen molar-refractivity contribution in [2.45, 2.75) is 38.2 Å². The molecule has 2 fully saturated rings. The van der Waals surface area contributed by atoms with E-state index in [4.69, 9.17) is 16.3 Å². The number of aliphatic hydroxyl groups excluding tert-OH is 1. The lowest BCUT2D eigenvalue weighted by Crippen LogP contribution is -2.42. The third-order valence-electron chi connectivity index (χ3n) is 8.08. The van der Waals surface area contributed by atoms with E-state index in [-0.39, 0.29) is 11.8 Å². The summed E-state index contributed by atoms with van der Waals surface area (Å²) in [7, 11) is 3.38. The minimum absolute atomic E-state index is 0.0976. The van der Waals surface area contributed by atoms with Crippen molar-refractivity contribution in [3.8, 4) is 0 Å². The quantitative estimate of drug-likeness (QED) is 0.501. The number of hydrogen-bond donors (Lipinski definition) is 1. The summed E-state index contributed by atoms with van der Waals surface area (Å²) in [4.78, 5) is 31.3. The molecule has 0 aromatic heterocycles. The molecule has 7 nitrogen and oxygen atoms in total. The number of anilines is 1. The highest BCUT2D eigenvalue weighted by atomic mass is 35.5. The molecule has 2 amide bonds. The van der Waals surface area contributed by atoms with Crippen molar-refractivity contribution >= 4 is 29.1 Å². The normalized spacial score (nSPS) is 17.9. The van der Waals surface area contributed by atoms with Crippen LogP contribution in [0.4, 0.5) is 5.69 Å². The van der Waals surface area contributed by atoms with Crippen LogP contribution in [0.15, 0.2) is 48.5 Å². The van der Waals surface area contributed by atoms with Gasteiger partial charge in [-0.15, -0.1) is 0 Å². The van der Waals surface area contributed by atoms with Gasteiger partial charge < -0.3 is 24.5 Å². The van der Waals surface area contributed by atoms with E-state index < -0.39 is 6.10 Å². The molecular weight excluding hydrogens is 502 g/mol. The lowest BCUT2D eigenvalue weighted by atomic mass is 9.82. The summed E-state index contributed by atoms with van der Waals surface area (Å²) in [6, 6.07) is 14.9. The van der Waals surface area contributed by atoms with E-state index in [9.17, 15) is 14.7 Å². The number of benzene rings is 2. The maximum absolute atomic E-state index is 12.8. The summed E-state index contributed by atoms with van der Waals surface area (Å²) in [6.07, 6.45) is 4.37. The van der Waals surface area contributed by atoms with Gasteiger partial charge in [-0.3, -0.25) is 9.59 Å². The van der Waals surface area contributed by atoms with E-state index in [1.54, 1.807) is 31.2 Å². The molecule has 0 radical (unpaired) electrons. The molecule has 0 bridgehead atoms. The van der Waals surface area contributed by atoms with E-state index in [1.807, 2.05) is 41.3 Å². The monoisotopic (exact) mass is 541 g/mol. The molecule has 1 N–H and O–H groups in total. The molecule has 206 valence electrons. The minimum Gasteiger partial charge on any atom is -0.383 e. The van der Waals surface area contributed by atoms with Gasteiger partial charge in [-0.25, -0.2) is 0 Å². The van der Waals surface area contributed by atoms with Gasteiger partial charge in [0.15, 0.2) is 6.10 Å². The first kappa shape index (κ1) is 28.4. The van der Waals surface area contributed by atoms with Gasteiger partial charge in [0.25, 0.3) is 11.8 Å². The van der Waals surface area contributed by atoms with E-state index >= 15 is 0 Å². The lowest BCUT2D eigenvalue weighted by Gasteiger charge is -2.38. The molecule has 1 atom stereocenters. The van der Waals surface area contributed by atoms with Crippen LogP contribution in [-0.4, -0.2) is 80.2 Å². The molecule has 2 aromatic carbocycles. The fraction of sp³-hybridized carbons (Fsp3) is 0.533. The Kier molecular flexibility index (Phi) is 10.1. The number of piperidine rings is 2. The molecule has 2 saturated heterocycles. The number of methoxy groups -OCH3 is 1. The maximum Gasteiger partial charge on any atom is 0.256 e. The summed E-state index contributed by atoms with van der Waals surface area (Å²) >= 11 is 6.52. The second-order valence-electron chi connectivity index (χ2n) is 10.6. The van der Waals surface area contributed by atoms with Crippen LogP contribution < -0.4 is 4.90 Å². The number of rotatable bonds is 9. The Morgan fingerprint density at radius 3 is 2.26 bits per heavy atom. The number of amides is 2. The lowest BCUT2D eigenvalue weighted by molar-refractivity contribution is -0.142. The van der Waals surface area contributed by atoms with Crippen LogP contribution in [0.2, 0.25) is 5.02 Å². The van der Waals surface area contributed by atoms with Gasteiger partial charge in [-0.2, -0.15) is 0 Å². The fourth-order valence-electron chi connectivity index (χ4n) is 5.65. The van der Waals surface area contributed by atoms with Gasteiger partial charge in [0, 0.05) is 52.6 Å². The molecule has 8 heteroatoms. The summed E-state index contributed by atoms with van der Waals surface area (Å²) < 4.78 is 5.06. The van der Waals surface area contributed by atoms with Crippen LogP contribution in [0.1, 0.15) is 54.1 Å². The molecule has 2 aromatic rings. The summed E-state index contributed by atoms with van der Waals surface area (Å²) in [6.45, 7) is 4.39. The first-order valence-corrected chi connectivity index (χ1v) is 14.1. The molecule has 2 heterocycles. The van der Waals surface area contributed by atoms with Gasteiger partial charge >= 0.3 is 0 Å². The number of nitrogens with zero attached hydrogens (tertiary/aromatic N) is 3. The van der Waals surface area contributed by atoms with Gasteiger partial charge in [0.05, 0.1) is 17.2 Å². The Morgan fingerprint density at radius 1 is 1.03 bits per heavy atom. The Balaban J connectivity index is 1.22. The van der Waals surface area contributed by atoms with Crippen LogP contribution in [0.25, 0.3) is 0 Å². The third kappa shape index (κ3) is 7.07. The van der Waals surface area contributed by atoms with Gasteiger partial charge in [-0.1, -0.05) is 41.9 Å². The Hall–Kier alpha value is -2.61. The first-order chi connectivity index (χ1) is 18.4. The molecule has 2 aliphatic heterocycles. The van der Waals surface area contributed by atoms with Crippen LogP contribution in [0.3, 0.4) is 0 Å². The molecule has 0 aliphatic carbocycles. The molecule has 38 heavy (non-hydrogen) atoms. The van der Waals surface area contributed by atoms with Gasteiger partial charge in [-0.05, 0) is 67.7 Å². The molecule has 2 aliphatic rings. The highest BCUT2D eigenvalue weighted by Crippen LogP contribution is 2.33. The van der Waals surface area contributed by atoms with E-state index in [0.717, 1.165) is 57.5 Å². The predicted molar refractivity (Wildman–Crippen MR) is 151 cm³/mol. The average Bonchev–Trinajstić information content (AvgIpc) is 2.96. The zero-order valence-electron chi connectivity index (χ0n) is 22.5. The highest BCUT2D eigenvalue weighted by molar-refractivity contribution is 6.34. The van der Waals surface area contributed by atoms with Gasteiger partial charge in [0.2, 0.25) is 0 Å². The van der Waals surface area contributed by atoms with E-state index in [1.165, 1.54) is 6.42 Å². The number of aliphatic hydroxyl groups is 1. The Morgan fingerprint density at radius 2 is 1.66 bits per heavy atom. The summed E-state index contributed by atoms with van der Waals surface area (Å²) in [5.41, 5.74) is 2.24. The zero-order chi connectivity index (χ0) is 27.1. The second kappa shape index (κ2) is 13.5. The standard InChI is InChI=1S/C30H40ClN3O4/c1-32(18-19-38-2)29(36)26-9-8-25(21-27(26)31)33-14-10-22(11-15-33)20-23-12-16-34(17-13-23)30(37)28(35)24-6-4-3-5-7-24/h3-9,21-23,28,35H,10-20H2,1-2H3. The summed E-state index contributed by atoms with van der Waals surface area (Å²) in [5.74, 6) is 1.02. The van der Waals surface area contributed by atoms with Crippen molar-refractivity contribution in [3.05, 3.63) is 64.7 Å². The Labute approximate surface area is 231 Å².